The lowest BCUT2D eigenvalue weighted by molar-refractivity contribution is 0.0985. The van der Waals surface area contributed by atoms with E-state index in [9.17, 15) is 13.2 Å². The van der Waals surface area contributed by atoms with Crippen LogP contribution in [0.2, 0.25) is 0 Å². The predicted molar refractivity (Wildman–Crippen MR) is 142 cm³/mol. The first kappa shape index (κ1) is 24.4. The number of aryl methyl sites for hydroxylation is 1. The molecule has 1 aromatic heterocycles. The number of amides is 1. The molecule has 7 nitrogen and oxygen atoms in total. The van der Waals surface area contributed by atoms with Gasteiger partial charge < -0.3 is 4.74 Å². The highest BCUT2D eigenvalue weighted by Gasteiger charge is 2.35. The van der Waals surface area contributed by atoms with E-state index in [-0.39, 0.29) is 16.8 Å². The van der Waals surface area contributed by atoms with Crippen LogP contribution < -0.4 is 9.64 Å². The van der Waals surface area contributed by atoms with E-state index in [1.165, 1.54) is 27.8 Å². The van der Waals surface area contributed by atoms with Crippen LogP contribution in [-0.4, -0.2) is 43.8 Å². The number of sulfonamides is 1. The average Bonchev–Trinajstić information content (AvgIpc) is 3.65. The van der Waals surface area contributed by atoms with Crippen molar-refractivity contribution in [2.24, 2.45) is 0 Å². The second-order valence-corrected chi connectivity index (χ2v) is 11.9. The second kappa shape index (κ2) is 9.65. The Balaban J connectivity index is 1.52. The van der Waals surface area contributed by atoms with Crippen molar-refractivity contribution in [2.75, 3.05) is 19.1 Å². The third-order valence-corrected chi connectivity index (χ3v) is 9.55. The van der Waals surface area contributed by atoms with Gasteiger partial charge in [0.25, 0.3) is 5.91 Å². The Bertz CT molecular complexity index is 1510. The molecule has 1 amide bonds. The molecule has 1 aliphatic rings. The minimum atomic E-state index is -3.58. The van der Waals surface area contributed by atoms with Gasteiger partial charge in [-0.25, -0.2) is 13.4 Å². The first-order valence-electron chi connectivity index (χ1n) is 11.7. The van der Waals surface area contributed by atoms with E-state index in [4.69, 9.17) is 9.72 Å². The fourth-order valence-corrected chi connectivity index (χ4v) is 6.56. The van der Waals surface area contributed by atoms with E-state index in [1.54, 1.807) is 31.2 Å². The van der Waals surface area contributed by atoms with Crippen molar-refractivity contribution in [2.45, 2.75) is 37.2 Å². The lowest BCUT2D eigenvalue weighted by Gasteiger charge is -2.21. The van der Waals surface area contributed by atoms with Gasteiger partial charge in [0.05, 0.1) is 23.2 Å². The topological polar surface area (TPSA) is 79.8 Å². The fraction of sp³-hybridized carbons (Fsp3) is 0.259. The molecule has 0 N–H and O–H groups in total. The van der Waals surface area contributed by atoms with Crippen LogP contribution in [0.25, 0.3) is 10.2 Å². The maximum Gasteiger partial charge on any atom is 0.260 e. The molecule has 3 aromatic carbocycles. The summed E-state index contributed by atoms with van der Waals surface area (Å²) in [6.07, 6.45) is 1.76. The van der Waals surface area contributed by atoms with Crippen LogP contribution in [0.3, 0.4) is 0 Å². The summed E-state index contributed by atoms with van der Waals surface area (Å²) in [4.78, 5) is 20.4. The number of benzene rings is 3. The molecule has 1 aliphatic carbocycles. The van der Waals surface area contributed by atoms with E-state index in [1.807, 2.05) is 49.4 Å². The largest absolute Gasteiger partial charge is 0.494 e. The molecule has 0 spiro atoms. The summed E-state index contributed by atoms with van der Waals surface area (Å²) in [5.74, 6) is 0.397. The number of methoxy groups -OCH3 is 1. The Labute approximate surface area is 215 Å². The van der Waals surface area contributed by atoms with Gasteiger partial charge >= 0.3 is 0 Å². The Morgan fingerprint density at radius 1 is 1.06 bits per heavy atom. The summed E-state index contributed by atoms with van der Waals surface area (Å²) in [5, 5.41) is 0.552. The third-order valence-electron chi connectivity index (χ3n) is 6.41. The van der Waals surface area contributed by atoms with Gasteiger partial charge in [0.1, 0.15) is 11.3 Å². The lowest BCUT2D eigenvalue weighted by Crippen LogP contribution is -2.31. The monoisotopic (exact) mass is 521 g/mol. The molecule has 0 unspecified atom stereocenters. The highest BCUT2D eigenvalue weighted by Crippen LogP contribution is 2.37. The molecule has 0 atom stereocenters. The maximum atomic E-state index is 13.8. The van der Waals surface area contributed by atoms with Gasteiger partial charge in [-0.1, -0.05) is 47.7 Å². The molecule has 186 valence electrons. The summed E-state index contributed by atoms with van der Waals surface area (Å²) < 4.78 is 33.7. The predicted octanol–water partition coefficient (Wildman–Crippen LogP) is 5.24. The normalized spacial score (nSPS) is 13.8. The van der Waals surface area contributed by atoms with E-state index >= 15 is 0 Å². The first-order valence-corrected chi connectivity index (χ1v) is 13.9. The number of nitrogens with zero attached hydrogens (tertiary/aromatic N) is 3. The van der Waals surface area contributed by atoms with Crippen LogP contribution in [0.4, 0.5) is 5.13 Å². The first-order chi connectivity index (χ1) is 17.3. The number of ether oxygens (including phenoxy) is 1. The van der Waals surface area contributed by atoms with Gasteiger partial charge in [-0.05, 0) is 61.2 Å². The third kappa shape index (κ3) is 4.61. The Hall–Kier alpha value is -3.27. The molecule has 1 saturated carbocycles. The zero-order chi connectivity index (χ0) is 25.4. The Morgan fingerprint density at radius 2 is 1.75 bits per heavy atom. The lowest BCUT2D eigenvalue weighted by atomic mass is 10.1. The summed E-state index contributed by atoms with van der Waals surface area (Å²) in [5.41, 5.74) is 3.12. The molecule has 0 aliphatic heterocycles. The Kier molecular flexibility index (Phi) is 6.55. The summed E-state index contributed by atoms with van der Waals surface area (Å²) in [6, 6.07) is 19.8. The molecule has 1 heterocycles. The summed E-state index contributed by atoms with van der Waals surface area (Å²) >= 11 is 1.44. The SMILES string of the molecule is COc1ccc(C)c2sc(N(Cc3ccccc3)C(=O)c3ccc(S(=O)(=O)N(C)C4CC4)cc3)nc12. The van der Waals surface area contributed by atoms with Crippen molar-refractivity contribution >= 4 is 42.6 Å². The number of thiazole rings is 1. The zero-order valence-electron chi connectivity index (χ0n) is 20.3. The number of aromatic nitrogens is 1. The highest BCUT2D eigenvalue weighted by atomic mass is 32.2. The van der Waals surface area contributed by atoms with E-state index in [2.05, 4.69) is 0 Å². The molecule has 0 bridgehead atoms. The standard InChI is InChI=1S/C27H27N3O4S2/c1-18-9-16-23(34-3)24-25(18)35-27(28-24)30(17-19-7-5-4-6-8-19)26(31)20-10-14-22(15-11-20)36(32,33)29(2)21-12-13-21/h4-11,14-16,21H,12-13,17H2,1-3H3. The molecular weight excluding hydrogens is 494 g/mol. The van der Waals surface area contributed by atoms with Gasteiger partial charge in [0, 0.05) is 18.7 Å². The van der Waals surface area contributed by atoms with Gasteiger partial charge in [-0.2, -0.15) is 4.31 Å². The molecule has 9 heteroatoms. The molecule has 0 saturated heterocycles. The van der Waals surface area contributed by atoms with Crippen molar-refractivity contribution in [3.63, 3.8) is 0 Å². The molecule has 5 rings (SSSR count). The van der Waals surface area contributed by atoms with Crippen molar-refractivity contribution in [1.82, 2.24) is 9.29 Å². The second-order valence-electron chi connectivity index (χ2n) is 8.91. The highest BCUT2D eigenvalue weighted by molar-refractivity contribution is 7.89. The van der Waals surface area contributed by atoms with Gasteiger partial charge in [-0.15, -0.1) is 0 Å². The maximum absolute atomic E-state index is 13.8. The Morgan fingerprint density at radius 3 is 2.39 bits per heavy atom. The van der Waals surface area contributed by atoms with E-state index < -0.39 is 10.0 Å². The molecule has 36 heavy (non-hydrogen) atoms. The average molecular weight is 522 g/mol. The molecule has 4 aromatic rings. The van der Waals surface area contributed by atoms with Gasteiger partial charge in [0.2, 0.25) is 10.0 Å². The van der Waals surface area contributed by atoms with Crippen LogP contribution >= 0.6 is 11.3 Å². The van der Waals surface area contributed by atoms with Crippen molar-refractivity contribution in [3.05, 3.63) is 83.4 Å². The summed E-state index contributed by atoms with van der Waals surface area (Å²) in [7, 11) is -0.373. The summed E-state index contributed by atoms with van der Waals surface area (Å²) in [6.45, 7) is 2.33. The number of hydrogen-bond acceptors (Lipinski definition) is 6. The fourth-order valence-electron chi connectivity index (χ4n) is 4.10. The minimum absolute atomic E-state index is 0.0668. The molecule has 1 fully saturated rings. The quantitative estimate of drug-likeness (QED) is 0.317. The number of hydrogen-bond donors (Lipinski definition) is 0. The number of rotatable bonds is 8. The number of carbonyl (C=O) groups excluding carboxylic acids is 1. The zero-order valence-corrected chi connectivity index (χ0v) is 22.0. The van der Waals surface area contributed by atoms with Crippen molar-refractivity contribution in [3.8, 4) is 5.75 Å². The van der Waals surface area contributed by atoms with E-state index in [0.29, 0.717) is 28.5 Å². The van der Waals surface area contributed by atoms with Crippen LogP contribution in [0.15, 0.2) is 71.6 Å². The van der Waals surface area contributed by atoms with Crippen molar-refractivity contribution < 1.29 is 17.9 Å². The van der Waals surface area contributed by atoms with Crippen LogP contribution in [0.1, 0.15) is 34.3 Å². The van der Waals surface area contributed by atoms with Crippen LogP contribution in [-0.2, 0) is 16.6 Å². The van der Waals surface area contributed by atoms with Crippen LogP contribution in [0, 0.1) is 6.92 Å². The molecule has 0 radical (unpaired) electrons. The number of anilines is 1. The minimum Gasteiger partial charge on any atom is -0.494 e. The van der Waals surface area contributed by atoms with Gasteiger partial charge in [0.15, 0.2) is 5.13 Å². The van der Waals surface area contributed by atoms with Crippen LogP contribution in [0.5, 0.6) is 5.75 Å². The number of carbonyl (C=O) groups is 1. The smallest absolute Gasteiger partial charge is 0.260 e. The van der Waals surface area contributed by atoms with E-state index in [0.717, 1.165) is 28.7 Å². The van der Waals surface area contributed by atoms with Crippen molar-refractivity contribution in [1.29, 1.82) is 0 Å². The van der Waals surface area contributed by atoms with Gasteiger partial charge in [-0.3, -0.25) is 9.69 Å². The number of fused-ring (bicyclic) bond motifs is 1. The molecular formula is C27H27N3O4S2.